The summed E-state index contributed by atoms with van der Waals surface area (Å²) >= 11 is 10.7. The fourth-order valence-corrected chi connectivity index (χ4v) is 3.71. The summed E-state index contributed by atoms with van der Waals surface area (Å²) in [6, 6.07) is 20.8. The molecule has 0 fully saturated rings. The summed E-state index contributed by atoms with van der Waals surface area (Å²) in [5.41, 5.74) is 4.38. The number of carbonyl (C=O) groups is 1. The molecule has 3 aromatic rings. The highest BCUT2D eigenvalue weighted by atomic mass is 79.9. The minimum atomic E-state index is -0.194. The van der Waals surface area contributed by atoms with Crippen molar-refractivity contribution in [2.24, 2.45) is 5.10 Å². The van der Waals surface area contributed by atoms with Crippen LogP contribution in [0.3, 0.4) is 0 Å². The Hall–Kier alpha value is -2.48. The van der Waals surface area contributed by atoms with Gasteiger partial charge in [0.2, 0.25) is 5.91 Å². The average Bonchev–Trinajstić information content (AvgIpc) is 2.79. The van der Waals surface area contributed by atoms with Gasteiger partial charge in [-0.2, -0.15) is 5.10 Å². The second-order valence-corrected chi connectivity index (χ2v) is 8.99. The van der Waals surface area contributed by atoms with Crippen LogP contribution in [-0.4, -0.2) is 24.5 Å². The molecule has 0 heterocycles. The van der Waals surface area contributed by atoms with Gasteiger partial charge in [0.05, 0.1) is 18.6 Å². The predicted molar refractivity (Wildman–Crippen MR) is 134 cm³/mol. The van der Waals surface area contributed by atoms with Crippen LogP contribution in [-0.2, 0) is 11.4 Å². The van der Waals surface area contributed by atoms with Crippen molar-refractivity contribution < 1.29 is 14.3 Å². The van der Waals surface area contributed by atoms with E-state index in [9.17, 15) is 4.79 Å². The molecule has 3 aromatic carbocycles. The first-order valence-electron chi connectivity index (χ1n) is 9.88. The smallest absolute Gasteiger partial charge is 0.250 e. The first-order chi connectivity index (χ1) is 15.5. The largest absolute Gasteiger partial charge is 0.490 e. The molecular weight excluding hydrogens is 512 g/mol. The van der Waals surface area contributed by atoms with Gasteiger partial charge in [0.1, 0.15) is 6.61 Å². The second kappa shape index (κ2) is 12.5. The molecule has 0 radical (unpaired) electrons. The number of hydrogen-bond donors (Lipinski definition) is 1. The van der Waals surface area contributed by atoms with Crippen LogP contribution in [0.2, 0.25) is 5.02 Å². The van der Waals surface area contributed by atoms with Crippen molar-refractivity contribution >= 4 is 51.4 Å². The van der Waals surface area contributed by atoms with E-state index in [1.807, 2.05) is 61.5 Å². The fraction of sp³-hybridized carbons (Fsp3) is 0.167. The molecule has 0 saturated carbocycles. The molecule has 5 nitrogen and oxygen atoms in total. The molecule has 0 aliphatic rings. The first kappa shape index (κ1) is 24.2. The van der Waals surface area contributed by atoms with Gasteiger partial charge in [-0.15, -0.1) is 11.8 Å². The van der Waals surface area contributed by atoms with Crippen molar-refractivity contribution in [1.29, 1.82) is 0 Å². The number of benzene rings is 3. The molecular formula is C24H22BrClN2O3S. The van der Waals surface area contributed by atoms with Gasteiger partial charge in [0.25, 0.3) is 0 Å². The highest BCUT2D eigenvalue weighted by molar-refractivity contribution is 9.10. The maximum atomic E-state index is 12.0. The summed E-state index contributed by atoms with van der Waals surface area (Å²) in [5, 5.41) is 4.71. The Bertz CT molecular complexity index is 1060. The molecule has 0 saturated heterocycles. The molecule has 0 bridgehead atoms. The summed E-state index contributed by atoms with van der Waals surface area (Å²) in [6.07, 6.45) is 1.58. The third kappa shape index (κ3) is 7.89. The van der Waals surface area contributed by atoms with Gasteiger partial charge in [-0.3, -0.25) is 4.79 Å². The van der Waals surface area contributed by atoms with E-state index in [0.29, 0.717) is 29.7 Å². The Labute approximate surface area is 205 Å². The van der Waals surface area contributed by atoms with Gasteiger partial charge in [0.15, 0.2) is 11.5 Å². The lowest BCUT2D eigenvalue weighted by atomic mass is 10.2. The molecule has 0 unspecified atom stereocenters. The van der Waals surface area contributed by atoms with Crippen LogP contribution in [0.5, 0.6) is 11.5 Å². The highest BCUT2D eigenvalue weighted by Gasteiger charge is 2.07. The third-order valence-electron chi connectivity index (χ3n) is 4.16. The second-order valence-electron chi connectivity index (χ2n) is 6.59. The average molecular weight is 534 g/mol. The topological polar surface area (TPSA) is 59.9 Å². The number of hydrazone groups is 1. The van der Waals surface area contributed by atoms with E-state index < -0.39 is 0 Å². The quantitative estimate of drug-likeness (QED) is 0.188. The Morgan fingerprint density at radius 3 is 2.53 bits per heavy atom. The maximum Gasteiger partial charge on any atom is 0.250 e. The van der Waals surface area contributed by atoms with Gasteiger partial charge in [-0.05, 0) is 72.6 Å². The number of nitrogens with one attached hydrogen (secondary N) is 1. The SMILES string of the molecule is CCOc1cc(/C=N\NC(=O)CSc2ccc(Cl)cc2)ccc1OCc1ccc(Br)cc1. The van der Waals surface area contributed by atoms with Crippen molar-refractivity contribution in [2.45, 2.75) is 18.4 Å². The lowest BCUT2D eigenvalue weighted by Gasteiger charge is -2.12. The van der Waals surface area contributed by atoms with E-state index in [4.69, 9.17) is 21.1 Å². The van der Waals surface area contributed by atoms with Crippen molar-refractivity contribution in [1.82, 2.24) is 5.43 Å². The standard InChI is InChI=1S/C24H22BrClN2O3S/c1-2-30-23-13-18(5-12-22(23)31-15-17-3-6-19(25)7-4-17)14-27-28-24(29)16-32-21-10-8-20(26)9-11-21/h3-14H,2,15-16H2,1H3,(H,28,29)/b27-14-. The van der Waals surface area contributed by atoms with Crippen LogP contribution >= 0.6 is 39.3 Å². The summed E-state index contributed by atoms with van der Waals surface area (Å²) in [7, 11) is 0. The zero-order valence-electron chi connectivity index (χ0n) is 17.4. The first-order valence-corrected chi connectivity index (χ1v) is 12.0. The number of rotatable bonds is 10. The number of ether oxygens (including phenoxy) is 2. The predicted octanol–water partition coefficient (Wildman–Crippen LogP) is 6.32. The number of thioether (sulfide) groups is 1. The van der Waals surface area contributed by atoms with Crippen LogP contribution in [0.1, 0.15) is 18.1 Å². The number of carbonyl (C=O) groups excluding carboxylic acids is 1. The van der Waals surface area contributed by atoms with Crippen LogP contribution < -0.4 is 14.9 Å². The Morgan fingerprint density at radius 2 is 1.81 bits per heavy atom. The van der Waals surface area contributed by atoms with Crippen molar-refractivity contribution in [3.05, 3.63) is 87.4 Å². The highest BCUT2D eigenvalue weighted by Crippen LogP contribution is 2.29. The molecule has 0 aliphatic heterocycles. The number of amides is 1. The van der Waals surface area contributed by atoms with Crippen LogP contribution in [0, 0.1) is 0 Å². The summed E-state index contributed by atoms with van der Waals surface area (Å²) in [6.45, 7) is 2.86. The number of hydrogen-bond acceptors (Lipinski definition) is 5. The zero-order valence-corrected chi connectivity index (χ0v) is 20.5. The molecule has 3 rings (SSSR count). The maximum absolute atomic E-state index is 12.0. The molecule has 1 amide bonds. The van der Waals surface area contributed by atoms with Gasteiger partial charge in [-0.1, -0.05) is 39.7 Å². The van der Waals surface area contributed by atoms with Crippen molar-refractivity contribution in [3.8, 4) is 11.5 Å². The summed E-state index contributed by atoms with van der Waals surface area (Å²) < 4.78 is 12.7. The van der Waals surface area contributed by atoms with E-state index in [0.717, 1.165) is 20.5 Å². The molecule has 166 valence electrons. The van der Waals surface area contributed by atoms with E-state index in [1.165, 1.54) is 11.8 Å². The third-order valence-corrected chi connectivity index (χ3v) is 5.95. The molecule has 1 N–H and O–H groups in total. The van der Waals surface area contributed by atoms with E-state index in [1.54, 1.807) is 18.3 Å². The lowest BCUT2D eigenvalue weighted by Crippen LogP contribution is -2.19. The fourth-order valence-electron chi connectivity index (χ4n) is 2.63. The lowest BCUT2D eigenvalue weighted by molar-refractivity contribution is -0.118. The van der Waals surface area contributed by atoms with E-state index in [2.05, 4.69) is 26.5 Å². The summed E-state index contributed by atoms with van der Waals surface area (Å²) in [4.78, 5) is 13.0. The van der Waals surface area contributed by atoms with Crippen molar-refractivity contribution in [2.75, 3.05) is 12.4 Å². The molecule has 0 aliphatic carbocycles. The number of halogens is 2. The Kier molecular flexibility index (Phi) is 9.46. The molecule has 32 heavy (non-hydrogen) atoms. The van der Waals surface area contributed by atoms with Gasteiger partial charge in [-0.25, -0.2) is 5.43 Å². The minimum absolute atomic E-state index is 0.194. The van der Waals surface area contributed by atoms with Crippen LogP contribution in [0.4, 0.5) is 0 Å². The normalized spacial score (nSPS) is 10.8. The molecule has 0 atom stereocenters. The van der Waals surface area contributed by atoms with E-state index >= 15 is 0 Å². The van der Waals surface area contributed by atoms with E-state index in [-0.39, 0.29) is 11.7 Å². The zero-order chi connectivity index (χ0) is 22.8. The number of nitrogens with zero attached hydrogens (tertiary/aromatic N) is 1. The molecule has 0 spiro atoms. The van der Waals surface area contributed by atoms with Crippen LogP contribution in [0.25, 0.3) is 0 Å². The summed E-state index contributed by atoms with van der Waals surface area (Å²) in [5.74, 6) is 1.33. The van der Waals surface area contributed by atoms with Gasteiger partial charge >= 0.3 is 0 Å². The minimum Gasteiger partial charge on any atom is -0.490 e. The Balaban J connectivity index is 1.54. The van der Waals surface area contributed by atoms with Gasteiger partial charge < -0.3 is 9.47 Å². The monoisotopic (exact) mass is 532 g/mol. The van der Waals surface area contributed by atoms with Gasteiger partial charge in [0, 0.05) is 14.4 Å². The van der Waals surface area contributed by atoms with Crippen molar-refractivity contribution in [3.63, 3.8) is 0 Å². The molecule has 8 heteroatoms. The molecule has 0 aromatic heterocycles. The Morgan fingerprint density at radius 1 is 1.06 bits per heavy atom. The van der Waals surface area contributed by atoms with Crippen LogP contribution in [0.15, 0.2) is 81.2 Å².